The number of benzene rings is 1. The maximum Gasteiger partial charge on any atom is 0.162 e. The summed E-state index contributed by atoms with van der Waals surface area (Å²) >= 11 is 0. The van der Waals surface area contributed by atoms with Gasteiger partial charge in [-0.15, -0.1) is 0 Å². The zero-order valence-corrected chi connectivity index (χ0v) is 7.34. The Labute approximate surface area is 74.8 Å². The molecule has 0 aromatic heterocycles. The number of hydrogen-bond acceptors (Lipinski definition) is 2. The molecule has 0 unspecified atom stereocenters. The molecule has 0 radical (unpaired) electrons. The second-order valence-electron chi connectivity index (χ2n) is 2.68. The molecule has 0 aliphatic heterocycles. The van der Waals surface area contributed by atoms with Gasteiger partial charge in [0.25, 0.3) is 0 Å². The molecule has 72 valence electrons. The van der Waals surface area contributed by atoms with Crippen LogP contribution in [0.15, 0.2) is 12.1 Å². The van der Waals surface area contributed by atoms with Crippen molar-refractivity contribution in [2.45, 2.75) is 13.0 Å². The van der Waals surface area contributed by atoms with Crippen molar-refractivity contribution in [3.63, 3.8) is 0 Å². The van der Waals surface area contributed by atoms with Gasteiger partial charge in [-0.3, -0.25) is 0 Å². The molecule has 1 atom stereocenters. The van der Waals surface area contributed by atoms with Gasteiger partial charge >= 0.3 is 0 Å². The van der Waals surface area contributed by atoms with Gasteiger partial charge in [-0.05, 0) is 13.0 Å². The molecule has 0 spiro atoms. The van der Waals surface area contributed by atoms with E-state index in [1.807, 2.05) is 0 Å². The average Bonchev–Trinajstić information content (AvgIpc) is 2.08. The van der Waals surface area contributed by atoms with Crippen LogP contribution in [0.3, 0.4) is 0 Å². The molecule has 0 heterocycles. The highest BCUT2D eigenvalue weighted by Crippen LogP contribution is 2.27. The molecule has 1 N–H and O–H groups in total. The van der Waals surface area contributed by atoms with Gasteiger partial charge in [0.05, 0.1) is 13.2 Å². The Kier molecular flexibility index (Phi) is 2.83. The number of halogens is 2. The van der Waals surface area contributed by atoms with Crippen LogP contribution in [-0.2, 0) is 0 Å². The lowest BCUT2D eigenvalue weighted by Gasteiger charge is -2.10. The number of rotatable bonds is 2. The molecule has 0 saturated carbocycles. The van der Waals surface area contributed by atoms with E-state index in [1.165, 1.54) is 14.0 Å². The summed E-state index contributed by atoms with van der Waals surface area (Å²) in [5.74, 6) is -1.83. The predicted molar refractivity (Wildman–Crippen MR) is 43.5 cm³/mol. The van der Waals surface area contributed by atoms with Crippen LogP contribution in [0.5, 0.6) is 5.75 Å². The van der Waals surface area contributed by atoms with Gasteiger partial charge in [-0.1, -0.05) is 0 Å². The Morgan fingerprint density at radius 1 is 1.31 bits per heavy atom. The highest BCUT2D eigenvalue weighted by molar-refractivity contribution is 5.36. The van der Waals surface area contributed by atoms with Gasteiger partial charge in [0.2, 0.25) is 0 Å². The Hall–Kier alpha value is -1.16. The molecule has 0 aliphatic rings. The van der Waals surface area contributed by atoms with Crippen LogP contribution in [0.2, 0.25) is 0 Å². The summed E-state index contributed by atoms with van der Waals surface area (Å²) in [5.41, 5.74) is 0.237. The number of aliphatic hydroxyl groups excluding tert-OH is 1. The van der Waals surface area contributed by atoms with Crippen molar-refractivity contribution in [1.29, 1.82) is 0 Å². The molecule has 4 heteroatoms. The van der Waals surface area contributed by atoms with E-state index in [2.05, 4.69) is 0 Å². The molecular weight excluding hydrogens is 178 g/mol. The van der Waals surface area contributed by atoms with Gasteiger partial charge < -0.3 is 9.84 Å². The van der Waals surface area contributed by atoms with Crippen molar-refractivity contribution in [1.82, 2.24) is 0 Å². The van der Waals surface area contributed by atoms with Crippen molar-refractivity contribution in [2.24, 2.45) is 0 Å². The molecule has 0 saturated heterocycles. The molecule has 1 rings (SSSR count). The zero-order chi connectivity index (χ0) is 10.0. The fourth-order valence-electron chi connectivity index (χ4n) is 1.05. The first-order chi connectivity index (χ1) is 6.06. The van der Waals surface area contributed by atoms with E-state index in [-0.39, 0.29) is 11.3 Å². The third-order valence-corrected chi connectivity index (χ3v) is 1.72. The molecule has 0 bridgehead atoms. The highest BCUT2D eigenvalue weighted by atomic mass is 19.2. The molecular formula is C9H10F2O2. The van der Waals surface area contributed by atoms with E-state index < -0.39 is 17.7 Å². The molecule has 2 nitrogen and oxygen atoms in total. The predicted octanol–water partition coefficient (Wildman–Crippen LogP) is 2.03. The highest BCUT2D eigenvalue weighted by Gasteiger charge is 2.13. The number of aliphatic hydroxyl groups is 1. The van der Waals surface area contributed by atoms with Crippen LogP contribution in [0, 0.1) is 11.6 Å². The lowest BCUT2D eigenvalue weighted by molar-refractivity contribution is 0.193. The van der Waals surface area contributed by atoms with Gasteiger partial charge in [0.1, 0.15) is 5.75 Å². The summed E-state index contributed by atoms with van der Waals surface area (Å²) < 4.78 is 30.2. The lowest BCUT2D eigenvalue weighted by Crippen LogP contribution is -1.99. The molecule has 0 amide bonds. The number of hydrogen-bond donors (Lipinski definition) is 1. The van der Waals surface area contributed by atoms with E-state index in [4.69, 9.17) is 4.74 Å². The standard InChI is InChI=1S/C9H10F2O2/c1-5(12)6-3-7(10)8(11)4-9(6)13-2/h3-5,12H,1-2H3/t5-/m1/s1. The van der Waals surface area contributed by atoms with Gasteiger partial charge in [-0.2, -0.15) is 0 Å². The maximum atomic E-state index is 12.7. The molecule has 1 aromatic rings. The summed E-state index contributed by atoms with van der Waals surface area (Å²) in [7, 11) is 1.33. The molecule has 0 fully saturated rings. The van der Waals surface area contributed by atoms with Gasteiger partial charge in [0, 0.05) is 11.6 Å². The quantitative estimate of drug-likeness (QED) is 0.769. The zero-order valence-electron chi connectivity index (χ0n) is 7.34. The van der Waals surface area contributed by atoms with Crippen molar-refractivity contribution < 1.29 is 18.6 Å². The van der Waals surface area contributed by atoms with E-state index in [0.29, 0.717) is 0 Å². The smallest absolute Gasteiger partial charge is 0.162 e. The Bertz CT molecular complexity index is 311. The van der Waals surface area contributed by atoms with Crippen molar-refractivity contribution in [2.75, 3.05) is 7.11 Å². The third kappa shape index (κ3) is 1.95. The molecule has 1 aromatic carbocycles. The average molecular weight is 188 g/mol. The SMILES string of the molecule is COc1cc(F)c(F)cc1[C@@H](C)O. The second kappa shape index (κ2) is 3.70. The third-order valence-electron chi connectivity index (χ3n) is 1.72. The van der Waals surface area contributed by atoms with E-state index in [9.17, 15) is 13.9 Å². The first-order valence-corrected chi connectivity index (χ1v) is 3.77. The minimum atomic E-state index is -0.989. The Balaban J connectivity index is 3.25. The summed E-state index contributed by atoms with van der Waals surface area (Å²) in [6, 6.07) is 1.84. The first kappa shape index (κ1) is 9.92. The Morgan fingerprint density at radius 3 is 2.31 bits per heavy atom. The largest absolute Gasteiger partial charge is 0.496 e. The minimum Gasteiger partial charge on any atom is -0.496 e. The summed E-state index contributed by atoms with van der Waals surface area (Å²) in [6.07, 6.45) is -0.884. The van der Waals surface area contributed by atoms with Crippen molar-refractivity contribution in [3.05, 3.63) is 29.3 Å². The fraction of sp³-hybridized carbons (Fsp3) is 0.333. The molecule has 13 heavy (non-hydrogen) atoms. The Morgan fingerprint density at radius 2 is 1.85 bits per heavy atom. The molecule has 0 aliphatic carbocycles. The summed E-state index contributed by atoms with van der Waals surface area (Å²) in [4.78, 5) is 0. The topological polar surface area (TPSA) is 29.5 Å². The van der Waals surface area contributed by atoms with E-state index in [1.54, 1.807) is 0 Å². The normalized spacial score (nSPS) is 12.7. The van der Waals surface area contributed by atoms with Crippen LogP contribution in [-0.4, -0.2) is 12.2 Å². The van der Waals surface area contributed by atoms with Crippen LogP contribution in [0.25, 0.3) is 0 Å². The van der Waals surface area contributed by atoms with Crippen LogP contribution in [0.4, 0.5) is 8.78 Å². The van der Waals surface area contributed by atoms with Crippen LogP contribution >= 0.6 is 0 Å². The lowest BCUT2D eigenvalue weighted by atomic mass is 10.1. The van der Waals surface area contributed by atoms with Crippen LogP contribution < -0.4 is 4.74 Å². The summed E-state index contributed by atoms with van der Waals surface area (Å²) in [6.45, 7) is 1.45. The maximum absolute atomic E-state index is 12.7. The van der Waals surface area contributed by atoms with Gasteiger partial charge in [-0.25, -0.2) is 8.78 Å². The number of ether oxygens (including phenoxy) is 1. The summed E-state index contributed by atoms with van der Waals surface area (Å²) in [5, 5.41) is 9.18. The first-order valence-electron chi connectivity index (χ1n) is 3.77. The van der Waals surface area contributed by atoms with Crippen LogP contribution in [0.1, 0.15) is 18.6 Å². The minimum absolute atomic E-state index is 0.147. The van der Waals surface area contributed by atoms with Gasteiger partial charge in [0.15, 0.2) is 11.6 Å². The fourth-order valence-corrected chi connectivity index (χ4v) is 1.05. The second-order valence-corrected chi connectivity index (χ2v) is 2.68. The van der Waals surface area contributed by atoms with E-state index >= 15 is 0 Å². The number of methoxy groups -OCH3 is 1. The monoisotopic (exact) mass is 188 g/mol. The van der Waals surface area contributed by atoms with E-state index in [0.717, 1.165) is 12.1 Å². The van der Waals surface area contributed by atoms with Crippen molar-refractivity contribution >= 4 is 0 Å². The van der Waals surface area contributed by atoms with Crippen molar-refractivity contribution in [3.8, 4) is 5.75 Å².